The van der Waals surface area contributed by atoms with Gasteiger partial charge in [0.15, 0.2) is 0 Å². The van der Waals surface area contributed by atoms with Gasteiger partial charge in [-0.25, -0.2) is 0 Å². The van der Waals surface area contributed by atoms with Gasteiger partial charge in [0.2, 0.25) is 0 Å². The smallest absolute Gasteiger partial charge is 0.307 e. The van der Waals surface area contributed by atoms with Gasteiger partial charge in [0.1, 0.15) is 0 Å². The van der Waals surface area contributed by atoms with E-state index in [0.717, 1.165) is 13.6 Å². The Kier molecular flexibility index (Phi) is 3.52. The molecule has 0 atom stereocenters. The number of benzene rings is 1. The zero-order valence-corrected chi connectivity index (χ0v) is 9.79. The highest BCUT2D eigenvalue weighted by molar-refractivity contribution is 14.1. The first-order valence-electron chi connectivity index (χ1n) is 3.26. The summed E-state index contributed by atoms with van der Waals surface area (Å²) in [5.74, 6) is -0.808. The molecule has 0 fully saturated rings. The summed E-state index contributed by atoms with van der Waals surface area (Å²) in [5, 5.41) is 8.56. The summed E-state index contributed by atoms with van der Waals surface area (Å²) in [6.07, 6.45) is 0.0669. The van der Waals surface area contributed by atoms with Crippen molar-refractivity contribution in [3.63, 3.8) is 0 Å². The van der Waals surface area contributed by atoms with Crippen molar-refractivity contribution in [1.29, 1.82) is 0 Å². The van der Waals surface area contributed by atoms with E-state index in [1.807, 2.05) is 12.1 Å². The minimum Gasteiger partial charge on any atom is -0.481 e. The molecule has 1 rings (SSSR count). The Morgan fingerprint density at radius 3 is 2.83 bits per heavy atom. The van der Waals surface area contributed by atoms with Crippen molar-refractivity contribution in [1.82, 2.24) is 0 Å². The van der Waals surface area contributed by atoms with Crippen LogP contribution in [0.1, 0.15) is 5.56 Å². The second-order valence-electron chi connectivity index (χ2n) is 2.28. The predicted molar refractivity (Wildman–Crippen MR) is 58.2 cm³/mol. The highest BCUT2D eigenvalue weighted by Gasteiger charge is 2.06. The normalized spacial score (nSPS) is 9.83. The molecule has 1 N–H and O–H groups in total. The second-order valence-corrected chi connectivity index (χ2v) is 4.24. The van der Waals surface area contributed by atoms with Crippen LogP contribution in [-0.2, 0) is 11.2 Å². The Morgan fingerprint density at radius 2 is 2.25 bits per heavy atom. The third kappa shape index (κ3) is 2.45. The third-order valence-electron chi connectivity index (χ3n) is 1.37. The second kappa shape index (κ2) is 4.23. The average molecular weight is 341 g/mol. The van der Waals surface area contributed by atoms with Gasteiger partial charge in [-0.1, -0.05) is 12.1 Å². The van der Waals surface area contributed by atoms with Gasteiger partial charge in [-0.05, 0) is 50.2 Å². The first kappa shape index (κ1) is 9.98. The van der Waals surface area contributed by atoms with Crippen molar-refractivity contribution >= 4 is 44.5 Å². The minimum absolute atomic E-state index is 0.0669. The summed E-state index contributed by atoms with van der Waals surface area (Å²) < 4.78 is 1.92. The van der Waals surface area contributed by atoms with Crippen LogP contribution in [0.5, 0.6) is 0 Å². The zero-order valence-electron chi connectivity index (χ0n) is 6.05. The Bertz CT molecular complexity index is 312. The molecule has 0 bridgehead atoms. The van der Waals surface area contributed by atoms with Crippen LogP contribution in [0.25, 0.3) is 0 Å². The molecule has 1 aromatic rings. The van der Waals surface area contributed by atoms with E-state index < -0.39 is 5.97 Å². The van der Waals surface area contributed by atoms with Crippen LogP contribution >= 0.6 is 38.5 Å². The van der Waals surface area contributed by atoms with Gasteiger partial charge in [-0.15, -0.1) is 0 Å². The molecule has 0 heterocycles. The SMILES string of the molecule is O=C(O)Cc1cccc(I)c1Br. The summed E-state index contributed by atoms with van der Waals surface area (Å²) >= 11 is 5.49. The van der Waals surface area contributed by atoms with Gasteiger partial charge in [0.25, 0.3) is 0 Å². The molecule has 0 unspecified atom stereocenters. The Hall–Kier alpha value is -0.100. The van der Waals surface area contributed by atoms with Crippen molar-refractivity contribution in [3.8, 4) is 0 Å². The molecule has 0 amide bonds. The molecule has 0 aromatic heterocycles. The van der Waals surface area contributed by atoms with E-state index in [9.17, 15) is 4.79 Å². The fraction of sp³-hybridized carbons (Fsp3) is 0.125. The number of hydrogen-bond acceptors (Lipinski definition) is 1. The number of carboxylic acid groups (broad SMARTS) is 1. The molecule has 2 nitrogen and oxygen atoms in total. The number of carboxylic acids is 1. The molecule has 0 spiro atoms. The number of hydrogen-bond donors (Lipinski definition) is 1. The lowest BCUT2D eigenvalue weighted by Gasteiger charge is -2.02. The lowest BCUT2D eigenvalue weighted by Crippen LogP contribution is -2.01. The summed E-state index contributed by atoms with van der Waals surface area (Å²) in [4.78, 5) is 10.4. The zero-order chi connectivity index (χ0) is 9.14. The Morgan fingerprint density at radius 1 is 1.58 bits per heavy atom. The van der Waals surface area contributed by atoms with Crippen LogP contribution in [0, 0.1) is 3.57 Å². The van der Waals surface area contributed by atoms with Crippen LogP contribution in [-0.4, -0.2) is 11.1 Å². The maximum absolute atomic E-state index is 10.4. The minimum atomic E-state index is -0.808. The van der Waals surface area contributed by atoms with E-state index in [1.165, 1.54) is 0 Å². The molecule has 64 valence electrons. The maximum Gasteiger partial charge on any atom is 0.307 e. The molecule has 0 aliphatic heterocycles. The molecule has 0 saturated heterocycles. The molecule has 0 saturated carbocycles. The van der Waals surface area contributed by atoms with Gasteiger partial charge in [-0.2, -0.15) is 0 Å². The van der Waals surface area contributed by atoms with E-state index in [2.05, 4.69) is 38.5 Å². The number of carbonyl (C=O) groups is 1. The molecule has 0 aliphatic carbocycles. The summed E-state index contributed by atoms with van der Waals surface area (Å²) in [6, 6.07) is 5.58. The highest BCUT2D eigenvalue weighted by Crippen LogP contribution is 2.23. The fourth-order valence-electron chi connectivity index (χ4n) is 0.848. The third-order valence-corrected chi connectivity index (χ3v) is 3.95. The van der Waals surface area contributed by atoms with Gasteiger partial charge in [0.05, 0.1) is 6.42 Å². The van der Waals surface area contributed by atoms with Crippen LogP contribution in [0.3, 0.4) is 0 Å². The largest absolute Gasteiger partial charge is 0.481 e. The van der Waals surface area contributed by atoms with E-state index in [4.69, 9.17) is 5.11 Å². The Labute approximate surface area is 92.2 Å². The van der Waals surface area contributed by atoms with E-state index in [1.54, 1.807) is 6.07 Å². The molecule has 4 heteroatoms. The lowest BCUT2D eigenvalue weighted by molar-refractivity contribution is -0.136. The summed E-state index contributed by atoms with van der Waals surface area (Å²) in [5.41, 5.74) is 0.814. The first-order chi connectivity index (χ1) is 5.61. The van der Waals surface area contributed by atoms with Crippen molar-refractivity contribution in [2.45, 2.75) is 6.42 Å². The molecular weight excluding hydrogens is 335 g/mol. The fourth-order valence-corrected chi connectivity index (χ4v) is 1.81. The average Bonchev–Trinajstić information content (AvgIpc) is 1.98. The molecule has 12 heavy (non-hydrogen) atoms. The van der Waals surface area contributed by atoms with E-state index in [0.29, 0.717) is 0 Å². The topological polar surface area (TPSA) is 37.3 Å². The molecule has 0 radical (unpaired) electrons. The van der Waals surface area contributed by atoms with E-state index >= 15 is 0 Å². The van der Waals surface area contributed by atoms with Gasteiger partial charge < -0.3 is 5.11 Å². The summed E-state index contributed by atoms with van der Waals surface area (Å²) in [6.45, 7) is 0. The number of rotatable bonds is 2. The maximum atomic E-state index is 10.4. The highest BCUT2D eigenvalue weighted by atomic mass is 127. The van der Waals surface area contributed by atoms with Gasteiger partial charge in [-0.3, -0.25) is 4.79 Å². The standard InChI is InChI=1S/C8H6BrIO2/c9-8-5(4-7(11)12)2-1-3-6(8)10/h1-3H,4H2,(H,11,12). The van der Waals surface area contributed by atoms with Crippen molar-refractivity contribution in [2.24, 2.45) is 0 Å². The molecule has 1 aromatic carbocycles. The molecular formula is C8H6BrIO2. The van der Waals surface area contributed by atoms with Gasteiger partial charge >= 0.3 is 5.97 Å². The van der Waals surface area contributed by atoms with Crippen molar-refractivity contribution in [2.75, 3.05) is 0 Å². The number of halogens is 2. The lowest BCUT2D eigenvalue weighted by atomic mass is 10.2. The van der Waals surface area contributed by atoms with Crippen LogP contribution < -0.4 is 0 Å². The van der Waals surface area contributed by atoms with Crippen LogP contribution in [0.15, 0.2) is 22.7 Å². The van der Waals surface area contributed by atoms with E-state index in [-0.39, 0.29) is 6.42 Å². The van der Waals surface area contributed by atoms with Crippen molar-refractivity contribution < 1.29 is 9.90 Å². The Balaban J connectivity index is 3.00. The van der Waals surface area contributed by atoms with Crippen LogP contribution in [0.4, 0.5) is 0 Å². The quantitative estimate of drug-likeness (QED) is 0.840. The molecule has 0 aliphatic rings. The first-order valence-corrected chi connectivity index (χ1v) is 5.13. The van der Waals surface area contributed by atoms with Crippen molar-refractivity contribution in [3.05, 3.63) is 31.8 Å². The van der Waals surface area contributed by atoms with Crippen LogP contribution in [0.2, 0.25) is 0 Å². The number of aliphatic carboxylic acids is 1. The predicted octanol–water partition coefficient (Wildman–Crippen LogP) is 2.68. The van der Waals surface area contributed by atoms with Gasteiger partial charge in [0, 0.05) is 8.04 Å². The monoisotopic (exact) mass is 340 g/mol. The summed E-state index contributed by atoms with van der Waals surface area (Å²) in [7, 11) is 0.